The van der Waals surface area contributed by atoms with Gasteiger partial charge < -0.3 is 141 Å². The van der Waals surface area contributed by atoms with Crippen LogP contribution < -0.4 is 0 Å². The Labute approximate surface area is 326 Å². The summed E-state index contributed by atoms with van der Waals surface area (Å²) in [5.74, 6) is -1.52. The van der Waals surface area contributed by atoms with Crippen LogP contribution in [0.15, 0.2) is 0 Å². The van der Waals surface area contributed by atoms with Crippen molar-refractivity contribution in [3.63, 3.8) is 0 Å². The number of hydrogen-bond donors (Lipinski definition) is 23. The fourth-order valence-corrected chi connectivity index (χ4v) is 5.05. The molecule has 0 aliphatic carbocycles. The van der Waals surface area contributed by atoms with Gasteiger partial charge in [0.15, 0.2) is 37.6 Å². The Balaban J connectivity index is 0.000000363. The number of rotatable bonds is 3. The second kappa shape index (κ2) is 24.7. The van der Waals surface area contributed by atoms with E-state index in [9.17, 15) is 4.79 Å². The molecule has 0 saturated carbocycles. The summed E-state index contributed by atoms with van der Waals surface area (Å²) in [7, 11) is 0. The van der Waals surface area contributed by atoms with Crippen molar-refractivity contribution in [1.29, 1.82) is 0 Å². The highest BCUT2D eigenvalue weighted by molar-refractivity contribution is 5.73. The molecule has 0 aromatic heterocycles. The Bertz CT molecular complexity index is 1090. The Morgan fingerprint density at radius 3 is 1.10 bits per heavy atom. The van der Waals surface area contributed by atoms with Gasteiger partial charge in [-0.3, -0.25) is 0 Å². The van der Waals surface area contributed by atoms with Gasteiger partial charge >= 0.3 is 5.97 Å². The average Bonchev–Trinajstić information content (AvgIpc) is 3.19. The maximum absolute atomic E-state index is 10.4. The SMILES string of the molecule is C[C@@H]1O[C@@H](O)[C@H](O)[C@H](O)[C@H]1O.O=C(O)[C@H]1OC(O)[C@H](O)[C@@H](O)[C@H]1O.OC1OC[C@H](O)[C@H](O)[C@H]1O.OC[C@H]1OC(O)[C@H](O)[C@@H](O)[C@H]1O.OC[C@H]1O[C@@H](O)[C@H](O)[C@@H](O)[C@@H]1O. The highest BCUT2D eigenvalue weighted by atomic mass is 16.7. The van der Waals surface area contributed by atoms with Crippen LogP contribution in [0.3, 0.4) is 0 Å². The van der Waals surface area contributed by atoms with E-state index in [0.29, 0.717) is 0 Å². The molecule has 3 unspecified atom stereocenters. The van der Waals surface area contributed by atoms with Crippen LogP contribution in [0.1, 0.15) is 6.92 Å². The molecule has 29 heteroatoms. The Morgan fingerprint density at radius 2 is 0.741 bits per heavy atom. The van der Waals surface area contributed by atoms with Crippen molar-refractivity contribution in [1.82, 2.24) is 0 Å². The third-order valence-corrected chi connectivity index (χ3v) is 8.87. The molecule has 29 nitrogen and oxygen atoms in total. The zero-order valence-corrected chi connectivity index (χ0v) is 30.2. The minimum Gasteiger partial charge on any atom is -0.479 e. The van der Waals surface area contributed by atoms with Crippen LogP contribution in [-0.2, 0) is 28.5 Å². The fraction of sp³-hybridized carbons (Fsp3) is 0.966. The smallest absolute Gasteiger partial charge is 0.335 e. The van der Waals surface area contributed by atoms with Gasteiger partial charge in [0.25, 0.3) is 0 Å². The highest BCUT2D eigenvalue weighted by Gasteiger charge is 2.47. The summed E-state index contributed by atoms with van der Waals surface area (Å²) < 4.78 is 22.6. The Hall–Kier alpha value is -1.61. The highest BCUT2D eigenvalue weighted by Crippen LogP contribution is 2.22. The van der Waals surface area contributed by atoms with Crippen molar-refractivity contribution < 1.29 is 146 Å². The predicted molar refractivity (Wildman–Crippen MR) is 173 cm³/mol. The summed E-state index contributed by atoms with van der Waals surface area (Å²) in [6.07, 6.45) is -34.0. The first kappa shape index (κ1) is 54.4. The quantitative estimate of drug-likeness (QED) is 0.125. The number of aliphatic carboxylic acids is 1. The summed E-state index contributed by atoms with van der Waals surface area (Å²) in [5.41, 5.74) is 0. The molecule has 58 heavy (non-hydrogen) atoms. The molecule has 24 atom stereocenters. The molecule has 0 aromatic rings. The molecule has 5 saturated heterocycles. The van der Waals surface area contributed by atoms with Crippen LogP contribution in [0.2, 0.25) is 0 Å². The number of aliphatic hydroxyl groups is 22. The van der Waals surface area contributed by atoms with E-state index in [-0.39, 0.29) is 6.61 Å². The molecule has 346 valence electrons. The first-order valence-corrected chi connectivity index (χ1v) is 17.1. The number of aliphatic hydroxyl groups excluding tert-OH is 22. The molecule has 23 N–H and O–H groups in total. The molecule has 5 rings (SSSR count). The lowest BCUT2D eigenvalue weighted by molar-refractivity contribution is -0.286. The zero-order chi connectivity index (χ0) is 45.1. The third kappa shape index (κ3) is 14.5. The second-order valence-electron chi connectivity index (χ2n) is 13.2. The van der Waals surface area contributed by atoms with E-state index in [1.165, 1.54) is 6.92 Å². The average molecular weight is 869 g/mol. The van der Waals surface area contributed by atoms with Crippen LogP contribution in [0.4, 0.5) is 0 Å². The van der Waals surface area contributed by atoms with Gasteiger partial charge in [0.2, 0.25) is 0 Å². The molecule has 0 radical (unpaired) electrons. The Kier molecular flexibility index (Phi) is 23.2. The van der Waals surface area contributed by atoms with E-state index in [4.69, 9.17) is 117 Å². The molecular weight excluding hydrogens is 812 g/mol. The number of carbonyl (C=O) groups is 1. The number of ether oxygens (including phenoxy) is 5. The summed E-state index contributed by atoms with van der Waals surface area (Å²) in [6.45, 7) is 0.298. The fourth-order valence-electron chi connectivity index (χ4n) is 5.05. The standard InChI is InChI=1S/C6H10O7.2C6H12O6.C6H12O5.C5H10O5/c7-1-2(8)4(5(10)11)13-6(12)3(1)9;2*7-1-2-3(8)4(9)5(10)6(11)12-2;1-2-3(7)4(8)5(9)6(10)11-2;6-2-1-10-5(9)4(8)3(2)7/h1-4,6-9,12H,(H,10,11);2*2-11H,1H2;2-10H,1H3;2-9H,1H2/t1-,2+,3+,4-,6?;2-,3+,4+,5-,6?;2-,3-,4+,5-,6-;2-,3-,4+,5+,6+;2-,3-,4+,5?/m01100/s1. The van der Waals surface area contributed by atoms with Gasteiger partial charge in [-0.25, -0.2) is 4.79 Å². The van der Waals surface area contributed by atoms with E-state index >= 15 is 0 Å². The van der Waals surface area contributed by atoms with E-state index in [1.807, 2.05) is 0 Å². The number of carboxylic acid groups (broad SMARTS) is 1. The van der Waals surface area contributed by atoms with Crippen molar-refractivity contribution in [2.45, 2.75) is 154 Å². The van der Waals surface area contributed by atoms with Gasteiger partial charge in [-0.05, 0) is 6.92 Å². The van der Waals surface area contributed by atoms with Gasteiger partial charge in [-0.1, -0.05) is 0 Å². The summed E-state index contributed by atoms with van der Waals surface area (Å²) in [6, 6.07) is 0. The molecule has 0 amide bonds. The monoisotopic (exact) mass is 868 g/mol. The first-order chi connectivity index (χ1) is 26.8. The molecule has 5 fully saturated rings. The van der Waals surface area contributed by atoms with Gasteiger partial charge in [-0.15, -0.1) is 0 Å². The Morgan fingerprint density at radius 1 is 0.414 bits per heavy atom. The van der Waals surface area contributed by atoms with Crippen LogP contribution in [0, 0.1) is 0 Å². The van der Waals surface area contributed by atoms with Crippen LogP contribution in [-0.4, -0.2) is 291 Å². The van der Waals surface area contributed by atoms with Crippen molar-refractivity contribution in [3.05, 3.63) is 0 Å². The molecule has 5 aliphatic heterocycles. The predicted octanol–water partition coefficient (Wildman–Crippen LogP) is -14.3. The molecule has 0 aromatic carbocycles. The largest absolute Gasteiger partial charge is 0.479 e. The van der Waals surface area contributed by atoms with Crippen LogP contribution >= 0.6 is 0 Å². The maximum Gasteiger partial charge on any atom is 0.335 e. The number of hydrogen-bond acceptors (Lipinski definition) is 28. The van der Waals surface area contributed by atoms with E-state index in [1.54, 1.807) is 0 Å². The van der Waals surface area contributed by atoms with E-state index in [2.05, 4.69) is 23.7 Å². The van der Waals surface area contributed by atoms with Gasteiger partial charge in [0.05, 0.1) is 25.9 Å². The van der Waals surface area contributed by atoms with Gasteiger partial charge in [-0.2, -0.15) is 0 Å². The molecular formula is C29H56O29. The van der Waals surface area contributed by atoms with Crippen molar-refractivity contribution in [2.75, 3.05) is 19.8 Å². The first-order valence-electron chi connectivity index (χ1n) is 17.1. The minimum atomic E-state index is -1.81. The molecule has 0 bridgehead atoms. The second-order valence-corrected chi connectivity index (χ2v) is 13.2. The van der Waals surface area contributed by atoms with E-state index in [0.717, 1.165) is 0 Å². The van der Waals surface area contributed by atoms with Gasteiger partial charge in [0, 0.05) is 0 Å². The van der Waals surface area contributed by atoms with Crippen LogP contribution in [0.25, 0.3) is 0 Å². The molecule has 5 heterocycles. The number of carboxylic acids is 1. The third-order valence-electron chi connectivity index (χ3n) is 8.87. The lowest BCUT2D eigenvalue weighted by Crippen LogP contribution is -2.59. The lowest BCUT2D eigenvalue weighted by atomic mass is 9.99. The van der Waals surface area contributed by atoms with Crippen LogP contribution in [0.5, 0.6) is 0 Å². The summed E-state index contributed by atoms with van der Waals surface area (Å²) >= 11 is 0. The normalized spacial score (nSPS) is 49.2. The molecule has 5 aliphatic rings. The summed E-state index contributed by atoms with van der Waals surface area (Å²) in [5, 5.41) is 205. The minimum absolute atomic E-state index is 0.153. The summed E-state index contributed by atoms with van der Waals surface area (Å²) in [4.78, 5) is 10.4. The van der Waals surface area contributed by atoms with E-state index < -0.39 is 167 Å². The van der Waals surface area contributed by atoms with Gasteiger partial charge in [0.1, 0.15) is 104 Å². The lowest BCUT2D eigenvalue weighted by Gasteiger charge is -2.37. The maximum atomic E-state index is 10.4. The molecule has 0 spiro atoms. The van der Waals surface area contributed by atoms with Crippen molar-refractivity contribution in [2.24, 2.45) is 0 Å². The zero-order valence-electron chi connectivity index (χ0n) is 30.2. The van der Waals surface area contributed by atoms with Crippen molar-refractivity contribution in [3.8, 4) is 0 Å². The van der Waals surface area contributed by atoms with Crippen molar-refractivity contribution >= 4 is 5.97 Å². The topological polar surface area (TPSA) is 529 Å².